The highest BCUT2D eigenvalue weighted by atomic mass is 32.1. The minimum atomic E-state index is -0.0745. The van der Waals surface area contributed by atoms with Crippen LogP contribution in [-0.4, -0.2) is 41.4 Å². The van der Waals surface area contributed by atoms with Crippen LogP contribution in [0.2, 0.25) is 0 Å². The van der Waals surface area contributed by atoms with Gasteiger partial charge in [0, 0.05) is 6.04 Å². The van der Waals surface area contributed by atoms with E-state index in [4.69, 9.17) is 5.10 Å². The Labute approximate surface area is 183 Å². The maximum absolute atomic E-state index is 13.2. The summed E-state index contributed by atoms with van der Waals surface area (Å²) in [7, 11) is 0. The lowest BCUT2D eigenvalue weighted by molar-refractivity contribution is -0.896. The molecule has 6 heteroatoms. The van der Waals surface area contributed by atoms with Gasteiger partial charge < -0.3 is 10.2 Å². The molecule has 2 N–H and O–H groups in total. The quantitative estimate of drug-likeness (QED) is 0.520. The van der Waals surface area contributed by atoms with Crippen molar-refractivity contribution in [3.63, 3.8) is 0 Å². The lowest BCUT2D eigenvalue weighted by Gasteiger charge is -2.18. The van der Waals surface area contributed by atoms with Crippen LogP contribution in [-0.2, 0) is 0 Å². The summed E-state index contributed by atoms with van der Waals surface area (Å²) in [4.78, 5) is 15.8. The van der Waals surface area contributed by atoms with E-state index in [-0.39, 0.29) is 11.9 Å². The number of amides is 1. The van der Waals surface area contributed by atoms with Gasteiger partial charge in [0.25, 0.3) is 5.91 Å². The standard InChI is InChI=1S/C24H32N4OS/c1-5-27(6-2)14-8-11-19(4)25-24(29)22-17-21(23-13-9-15-30-23)26-28(22)20-12-7-10-18(3)16-20/h7,9-10,12-13,15-17,19H,5-6,8,11,14H2,1-4H3,(H,25,29)/p+1/t19-/m1/s1. The summed E-state index contributed by atoms with van der Waals surface area (Å²) in [5, 5.41) is 9.98. The molecule has 0 aliphatic carbocycles. The van der Waals surface area contributed by atoms with Gasteiger partial charge in [-0.15, -0.1) is 11.3 Å². The maximum atomic E-state index is 13.2. The Morgan fingerprint density at radius 3 is 2.67 bits per heavy atom. The second-order valence-electron chi connectivity index (χ2n) is 7.87. The van der Waals surface area contributed by atoms with E-state index in [2.05, 4.69) is 32.2 Å². The number of rotatable bonds is 10. The Hall–Kier alpha value is -2.44. The summed E-state index contributed by atoms with van der Waals surface area (Å²) in [6.07, 6.45) is 2.08. The van der Waals surface area contributed by atoms with Gasteiger partial charge in [0.2, 0.25) is 0 Å². The van der Waals surface area contributed by atoms with Crippen LogP contribution in [0.15, 0.2) is 47.8 Å². The molecule has 0 aliphatic heterocycles. The molecule has 2 aromatic heterocycles. The molecule has 0 spiro atoms. The fourth-order valence-electron chi connectivity index (χ4n) is 3.68. The number of thiophene rings is 1. The third-order valence-electron chi connectivity index (χ3n) is 5.51. The van der Waals surface area contributed by atoms with E-state index < -0.39 is 0 Å². The second kappa shape index (κ2) is 10.5. The van der Waals surface area contributed by atoms with Gasteiger partial charge >= 0.3 is 0 Å². The zero-order valence-corrected chi connectivity index (χ0v) is 19.3. The average Bonchev–Trinajstić information content (AvgIpc) is 3.41. The Balaban J connectivity index is 1.77. The lowest BCUT2D eigenvalue weighted by atomic mass is 10.1. The monoisotopic (exact) mass is 425 g/mol. The van der Waals surface area contributed by atoms with Crippen LogP contribution in [0.1, 0.15) is 49.7 Å². The Kier molecular flexibility index (Phi) is 7.82. The fraction of sp³-hybridized carbons (Fsp3) is 0.417. The Morgan fingerprint density at radius 2 is 2.00 bits per heavy atom. The average molecular weight is 426 g/mol. The SMILES string of the molecule is CC[NH+](CC)CCC[C@@H](C)NC(=O)c1cc(-c2cccs2)nn1-c1cccc(C)c1. The predicted octanol–water partition coefficient (Wildman–Crippen LogP) is 3.73. The van der Waals surface area contributed by atoms with Gasteiger partial charge in [-0.05, 0) is 75.7 Å². The van der Waals surface area contributed by atoms with Crippen LogP contribution < -0.4 is 10.2 Å². The molecule has 160 valence electrons. The maximum Gasteiger partial charge on any atom is 0.270 e. The molecule has 3 aromatic rings. The third kappa shape index (κ3) is 5.58. The normalized spacial score (nSPS) is 12.3. The van der Waals surface area contributed by atoms with Crippen LogP contribution in [0.4, 0.5) is 0 Å². The van der Waals surface area contributed by atoms with Crippen molar-refractivity contribution in [2.45, 2.75) is 46.6 Å². The van der Waals surface area contributed by atoms with Crippen LogP contribution in [0.25, 0.3) is 16.3 Å². The molecule has 0 bridgehead atoms. The van der Waals surface area contributed by atoms with Crippen LogP contribution in [0.3, 0.4) is 0 Å². The zero-order chi connectivity index (χ0) is 21.5. The molecule has 1 atom stereocenters. The van der Waals surface area contributed by atoms with E-state index in [1.165, 1.54) is 0 Å². The van der Waals surface area contributed by atoms with E-state index in [0.29, 0.717) is 5.69 Å². The topological polar surface area (TPSA) is 51.4 Å². The first-order chi connectivity index (χ1) is 14.5. The number of aryl methyl sites for hydroxylation is 1. The van der Waals surface area contributed by atoms with Gasteiger partial charge in [-0.2, -0.15) is 5.10 Å². The van der Waals surface area contributed by atoms with Gasteiger partial charge in [-0.25, -0.2) is 4.68 Å². The Morgan fingerprint density at radius 1 is 1.20 bits per heavy atom. The largest absolute Gasteiger partial charge is 0.348 e. The van der Waals surface area contributed by atoms with E-state index >= 15 is 0 Å². The van der Waals surface area contributed by atoms with Crippen molar-refractivity contribution in [3.05, 3.63) is 59.1 Å². The number of nitrogens with one attached hydrogen (secondary N) is 2. The van der Waals surface area contributed by atoms with E-state index in [9.17, 15) is 4.79 Å². The molecule has 0 saturated heterocycles. The predicted molar refractivity (Wildman–Crippen MR) is 125 cm³/mol. The van der Waals surface area contributed by atoms with Crippen LogP contribution in [0.5, 0.6) is 0 Å². The van der Waals surface area contributed by atoms with Crippen molar-refractivity contribution in [3.8, 4) is 16.3 Å². The first-order valence-electron chi connectivity index (χ1n) is 10.9. The smallest absolute Gasteiger partial charge is 0.270 e. The van der Waals surface area contributed by atoms with E-state index in [0.717, 1.165) is 54.3 Å². The van der Waals surface area contributed by atoms with Crippen molar-refractivity contribution in [1.29, 1.82) is 0 Å². The molecule has 0 radical (unpaired) electrons. The summed E-state index contributed by atoms with van der Waals surface area (Å²) in [6.45, 7) is 12.0. The molecule has 2 heterocycles. The molecule has 0 unspecified atom stereocenters. The highest BCUT2D eigenvalue weighted by Gasteiger charge is 2.20. The molecule has 0 aliphatic rings. The minimum absolute atomic E-state index is 0.0745. The van der Waals surface area contributed by atoms with Crippen molar-refractivity contribution in [2.75, 3.05) is 19.6 Å². The van der Waals surface area contributed by atoms with E-state index in [1.807, 2.05) is 48.7 Å². The number of aromatic nitrogens is 2. The molecule has 0 fully saturated rings. The van der Waals surface area contributed by atoms with Gasteiger partial charge in [0.1, 0.15) is 11.4 Å². The number of nitrogens with zero attached hydrogens (tertiary/aromatic N) is 2. The molecule has 3 rings (SSSR count). The van der Waals surface area contributed by atoms with Gasteiger partial charge in [-0.1, -0.05) is 18.2 Å². The lowest BCUT2D eigenvalue weighted by Crippen LogP contribution is -3.11. The van der Waals surface area contributed by atoms with Crippen molar-refractivity contribution in [1.82, 2.24) is 15.1 Å². The highest BCUT2D eigenvalue weighted by molar-refractivity contribution is 7.13. The summed E-state index contributed by atoms with van der Waals surface area (Å²) < 4.78 is 1.77. The van der Waals surface area contributed by atoms with Crippen molar-refractivity contribution < 1.29 is 9.69 Å². The van der Waals surface area contributed by atoms with Crippen LogP contribution >= 0.6 is 11.3 Å². The summed E-state index contributed by atoms with van der Waals surface area (Å²) in [6, 6.07) is 14.2. The molecular formula is C24H33N4OS+. The number of carbonyl (C=O) groups is 1. The molecular weight excluding hydrogens is 392 g/mol. The summed E-state index contributed by atoms with van der Waals surface area (Å²) in [5.41, 5.74) is 3.44. The van der Waals surface area contributed by atoms with Crippen molar-refractivity contribution >= 4 is 17.2 Å². The third-order valence-corrected chi connectivity index (χ3v) is 6.40. The fourth-order valence-corrected chi connectivity index (χ4v) is 4.36. The van der Waals surface area contributed by atoms with Crippen molar-refractivity contribution in [2.24, 2.45) is 0 Å². The molecule has 1 amide bonds. The first-order valence-corrected chi connectivity index (χ1v) is 11.7. The number of hydrogen-bond donors (Lipinski definition) is 2. The second-order valence-corrected chi connectivity index (χ2v) is 8.81. The molecule has 30 heavy (non-hydrogen) atoms. The highest BCUT2D eigenvalue weighted by Crippen LogP contribution is 2.26. The molecule has 1 aromatic carbocycles. The minimum Gasteiger partial charge on any atom is -0.348 e. The Bertz CT molecular complexity index is 944. The summed E-state index contributed by atoms with van der Waals surface area (Å²) in [5.74, 6) is -0.0745. The van der Waals surface area contributed by atoms with Gasteiger partial charge in [0.05, 0.1) is 30.2 Å². The van der Waals surface area contributed by atoms with Crippen LogP contribution in [0, 0.1) is 6.92 Å². The first kappa shape index (κ1) is 22.2. The number of benzene rings is 1. The zero-order valence-electron chi connectivity index (χ0n) is 18.4. The molecule has 5 nitrogen and oxygen atoms in total. The number of carbonyl (C=O) groups excluding carboxylic acids is 1. The summed E-state index contributed by atoms with van der Waals surface area (Å²) >= 11 is 1.63. The van der Waals surface area contributed by atoms with E-state index in [1.54, 1.807) is 20.9 Å². The number of hydrogen-bond acceptors (Lipinski definition) is 3. The van der Waals surface area contributed by atoms with Gasteiger partial charge in [0.15, 0.2) is 0 Å². The number of quaternary nitrogens is 1. The van der Waals surface area contributed by atoms with Gasteiger partial charge in [-0.3, -0.25) is 4.79 Å². The molecule has 0 saturated carbocycles.